The summed E-state index contributed by atoms with van der Waals surface area (Å²) in [6.07, 6.45) is 20.8. The van der Waals surface area contributed by atoms with E-state index in [1.807, 2.05) is 6.92 Å². The van der Waals surface area contributed by atoms with Gasteiger partial charge in [0.05, 0.1) is 19.8 Å². The molecule has 0 aromatic carbocycles. The number of unbranched alkanes of at least 4 members (excludes halogenated alkanes) is 12. The van der Waals surface area contributed by atoms with Crippen LogP contribution in [0.25, 0.3) is 0 Å². The highest BCUT2D eigenvalue weighted by Crippen LogP contribution is 2.32. The molecule has 0 aromatic rings. The molecule has 0 aromatic heterocycles. The Labute approximate surface area is 194 Å². The van der Waals surface area contributed by atoms with E-state index in [0.29, 0.717) is 26.4 Å². The summed E-state index contributed by atoms with van der Waals surface area (Å²) in [6, 6.07) is 0. The molecule has 0 saturated carbocycles. The molecule has 0 heterocycles. The van der Waals surface area contributed by atoms with E-state index in [4.69, 9.17) is 14.2 Å². The van der Waals surface area contributed by atoms with Crippen LogP contribution in [0.1, 0.15) is 130 Å². The van der Waals surface area contributed by atoms with Crippen molar-refractivity contribution in [3.05, 3.63) is 0 Å². The largest absolute Gasteiger partial charge is 0.463 e. The van der Waals surface area contributed by atoms with E-state index in [2.05, 4.69) is 20.8 Å². The summed E-state index contributed by atoms with van der Waals surface area (Å²) < 4.78 is 16.2. The van der Waals surface area contributed by atoms with Crippen molar-refractivity contribution in [3.63, 3.8) is 0 Å². The Morgan fingerprint density at radius 1 is 0.645 bits per heavy atom. The van der Waals surface area contributed by atoms with Crippen molar-refractivity contribution >= 4 is 5.97 Å². The fourth-order valence-corrected chi connectivity index (χ4v) is 4.00. The molecule has 0 fully saturated rings. The van der Waals surface area contributed by atoms with E-state index in [-0.39, 0.29) is 18.0 Å². The Kier molecular flexibility index (Phi) is 22.1. The summed E-state index contributed by atoms with van der Waals surface area (Å²) in [5.74, 6) is -0.249. The van der Waals surface area contributed by atoms with Gasteiger partial charge in [-0.2, -0.15) is 0 Å². The Balaban J connectivity index is 4.20. The lowest BCUT2D eigenvalue weighted by atomic mass is 9.80. The maximum atomic E-state index is 12.1. The molecule has 31 heavy (non-hydrogen) atoms. The number of hydrogen-bond donors (Lipinski definition) is 0. The third-order valence-corrected chi connectivity index (χ3v) is 6.15. The van der Waals surface area contributed by atoms with Crippen LogP contribution in [0.3, 0.4) is 0 Å². The lowest BCUT2D eigenvalue weighted by Gasteiger charge is -2.29. The van der Waals surface area contributed by atoms with Crippen LogP contribution in [-0.4, -0.2) is 39.0 Å². The molecule has 0 spiro atoms. The molecule has 0 saturated heterocycles. The van der Waals surface area contributed by atoms with Gasteiger partial charge in [-0.25, -0.2) is 4.79 Å². The van der Waals surface area contributed by atoms with Gasteiger partial charge in [0.15, 0.2) is 0 Å². The highest BCUT2D eigenvalue weighted by Gasteiger charge is 2.25. The number of ether oxygens (including phenoxy) is 3. The van der Waals surface area contributed by atoms with E-state index < -0.39 is 0 Å². The average Bonchev–Trinajstić information content (AvgIpc) is 2.76. The third kappa shape index (κ3) is 21.0. The molecule has 4 heteroatoms. The molecule has 0 N–H and O–H groups in total. The van der Waals surface area contributed by atoms with Crippen molar-refractivity contribution in [2.75, 3.05) is 33.0 Å². The van der Waals surface area contributed by atoms with Crippen LogP contribution in [0.4, 0.5) is 0 Å². The van der Waals surface area contributed by atoms with Crippen LogP contribution < -0.4 is 0 Å². The van der Waals surface area contributed by atoms with Crippen LogP contribution in [0.2, 0.25) is 0 Å². The van der Waals surface area contributed by atoms with E-state index >= 15 is 0 Å². The Morgan fingerprint density at radius 2 is 1.10 bits per heavy atom. The molecule has 0 aliphatic carbocycles. The smallest absolute Gasteiger partial charge is 0.332 e. The molecule has 0 bridgehead atoms. The Bertz CT molecular complexity index is 385. The second-order valence-corrected chi connectivity index (χ2v) is 9.46. The predicted molar refractivity (Wildman–Crippen MR) is 132 cm³/mol. The number of esters is 1. The van der Waals surface area contributed by atoms with Gasteiger partial charge in [0.25, 0.3) is 0 Å². The average molecular weight is 443 g/mol. The van der Waals surface area contributed by atoms with Gasteiger partial charge in [-0.05, 0) is 19.8 Å². The maximum absolute atomic E-state index is 12.1. The molecule has 0 rings (SSSR count). The normalized spacial score (nSPS) is 13.3. The van der Waals surface area contributed by atoms with E-state index in [0.717, 1.165) is 12.8 Å². The van der Waals surface area contributed by atoms with Gasteiger partial charge in [0, 0.05) is 12.0 Å². The number of carbonyl (C=O) groups is 1. The molecular formula is C27H54O4. The lowest BCUT2D eigenvalue weighted by Crippen LogP contribution is -2.27. The van der Waals surface area contributed by atoms with Gasteiger partial charge >= 0.3 is 5.97 Å². The van der Waals surface area contributed by atoms with Crippen LogP contribution in [-0.2, 0) is 19.0 Å². The second kappa shape index (κ2) is 22.6. The van der Waals surface area contributed by atoms with Gasteiger partial charge in [-0.15, -0.1) is 0 Å². The summed E-state index contributed by atoms with van der Waals surface area (Å²) in [4.78, 5) is 12.1. The van der Waals surface area contributed by atoms with Crippen molar-refractivity contribution in [1.82, 2.24) is 0 Å². The zero-order valence-electron chi connectivity index (χ0n) is 21.5. The summed E-state index contributed by atoms with van der Waals surface area (Å²) >= 11 is 0. The monoisotopic (exact) mass is 442 g/mol. The summed E-state index contributed by atoms with van der Waals surface area (Å²) in [6.45, 7) is 11.0. The van der Waals surface area contributed by atoms with Gasteiger partial charge < -0.3 is 14.2 Å². The predicted octanol–water partition coefficient (Wildman–Crippen LogP) is 7.87. The van der Waals surface area contributed by atoms with Crippen LogP contribution >= 0.6 is 0 Å². The first-order valence-electron chi connectivity index (χ1n) is 13.4. The van der Waals surface area contributed by atoms with Gasteiger partial charge in [0.1, 0.15) is 6.61 Å². The van der Waals surface area contributed by atoms with Gasteiger partial charge in [0.2, 0.25) is 0 Å². The van der Waals surface area contributed by atoms with Crippen LogP contribution in [0.15, 0.2) is 0 Å². The highest BCUT2D eigenvalue weighted by atomic mass is 16.6. The number of rotatable bonds is 24. The Hall–Kier alpha value is -0.610. The zero-order chi connectivity index (χ0) is 23.0. The van der Waals surface area contributed by atoms with Crippen LogP contribution in [0.5, 0.6) is 0 Å². The minimum atomic E-state index is -0.249. The molecule has 0 aliphatic rings. The minimum absolute atomic E-state index is 0.0257. The molecular weight excluding hydrogens is 388 g/mol. The van der Waals surface area contributed by atoms with Crippen molar-refractivity contribution < 1.29 is 19.0 Å². The molecule has 1 atom stereocenters. The molecule has 4 nitrogen and oxygen atoms in total. The van der Waals surface area contributed by atoms with Crippen molar-refractivity contribution in [2.45, 2.75) is 130 Å². The first kappa shape index (κ1) is 30.4. The van der Waals surface area contributed by atoms with Crippen molar-refractivity contribution in [2.24, 2.45) is 5.41 Å². The van der Waals surface area contributed by atoms with Gasteiger partial charge in [-0.3, -0.25) is 0 Å². The molecule has 0 radical (unpaired) electrons. The lowest BCUT2D eigenvalue weighted by molar-refractivity contribution is -0.153. The van der Waals surface area contributed by atoms with E-state index in [1.165, 1.54) is 89.9 Å². The summed E-state index contributed by atoms with van der Waals surface area (Å²) in [5.41, 5.74) is 0.0912. The highest BCUT2D eigenvalue weighted by molar-refractivity contribution is 5.70. The third-order valence-electron chi connectivity index (χ3n) is 6.15. The topological polar surface area (TPSA) is 44.8 Å². The number of hydrogen-bond acceptors (Lipinski definition) is 4. The molecule has 0 aliphatic heterocycles. The molecule has 186 valence electrons. The fourth-order valence-electron chi connectivity index (χ4n) is 4.00. The zero-order valence-corrected chi connectivity index (χ0v) is 21.5. The van der Waals surface area contributed by atoms with Crippen molar-refractivity contribution in [1.29, 1.82) is 0 Å². The van der Waals surface area contributed by atoms with E-state index in [9.17, 15) is 4.79 Å². The Morgan fingerprint density at radius 3 is 1.58 bits per heavy atom. The standard InChI is InChI=1S/C27H54O4/c1-5-8-10-12-14-15-17-19-21-27(4,20-18-16-13-11-9-6-2)25-31-26(28)24-30-23-22-29-7-3/h5-25H2,1-4H3. The van der Waals surface area contributed by atoms with E-state index in [1.54, 1.807) is 0 Å². The SMILES string of the molecule is CCCCCCCCCCC(C)(CCCCCCCC)COC(=O)COCCOCC. The minimum Gasteiger partial charge on any atom is -0.463 e. The summed E-state index contributed by atoms with van der Waals surface area (Å²) in [7, 11) is 0. The van der Waals surface area contributed by atoms with Gasteiger partial charge in [-0.1, -0.05) is 111 Å². The molecule has 1 unspecified atom stereocenters. The molecule has 0 amide bonds. The fraction of sp³-hybridized carbons (Fsp3) is 0.963. The first-order chi connectivity index (χ1) is 15.1. The van der Waals surface area contributed by atoms with Crippen molar-refractivity contribution in [3.8, 4) is 0 Å². The first-order valence-corrected chi connectivity index (χ1v) is 13.4. The second-order valence-electron chi connectivity index (χ2n) is 9.46. The quantitative estimate of drug-likeness (QED) is 0.113. The maximum Gasteiger partial charge on any atom is 0.332 e. The summed E-state index contributed by atoms with van der Waals surface area (Å²) in [5, 5.41) is 0. The number of carbonyl (C=O) groups excluding carboxylic acids is 1. The van der Waals surface area contributed by atoms with Crippen LogP contribution in [0, 0.1) is 5.41 Å².